The van der Waals surface area contributed by atoms with Crippen LogP contribution in [0.5, 0.6) is 0 Å². The monoisotopic (exact) mass is 611 g/mol. The summed E-state index contributed by atoms with van der Waals surface area (Å²) in [7, 11) is 3.19. The Balaban J connectivity index is 1.30. The summed E-state index contributed by atoms with van der Waals surface area (Å²) in [4.78, 5) is 71.1. The highest BCUT2D eigenvalue weighted by molar-refractivity contribution is 8.14. The van der Waals surface area contributed by atoms with Crippen LogP contribution in [0, 0.1) is 0 Å². The minimum atomic E-state index is -1.84. The fraction of sp³-hybridized carbons (Fsp3) is 0.357. The fourth-order valence-corrected chi connectivity index (χ4v) is 8.28. The maximum Gasteiger partial charge on any atom is 0.355 e. The minimum absolute atomic E-state index is 0.0293. The molecule has 2 aromatic heterocycles. The quantitative estimate of drug-likeness (QED) is 0.168. The van der Waals surface area contributed by atoms with Crippen LogP contribution >= 0.6 is 29.0 Å². The molecule has 4 atom stereocenters. The molecule has 0 radical (unpaired) electrons. The fourth-order valence-electron chi connectivity index (χ4n) is 5.70. The Hall–Kier alpha value is -3.13. The highest BCUT2D eigenvalue weighted by Crippen LogP contribution is 2.41. The van der Waals surface area contributed by atoms with Gasteiger partial charge in [-0.05, 0) is 24.6 Å². The lowest BCUT2D eigenvalue weighted by Gasteiger charge is -2.35. The normalized spacial score (nSPS) is 21.4. The molecule has 0 N–H and O–H groups in total. The van der Waals surface area contributed by atoms with Gasteiger partial charge in [-0.1, -0.05) is 33.4 Å². The van der Waals surface area contributed by atoms with Gasteiger partial charge in [-0.3, -0.25) is 24.1 Å². The number of benzene rings is 1. The van der Waals surface area contributed by atoms with Crippen LogP contribution in [0.1, 0.15) is 42.9 Å². The smallest absolute Gasteiger partial charge is 0.355 e. The maximum atomic E-state index is 13.7. The van der Waals surface area contributed by atoms with Crippen LogP contribution < -0.4 is 5.56 Å². The van der Waals surface area contributed by atoms with Gasteiger partial charge in [-0.2, -0.15) is 0 Å². The van der Waals surface area contributed by atoms with Crippen LogP contribution in [-0.2, 0) is 47.4 Å². The van der Waals surface area contributed by atoms with Gasteiger partial charge >= 0.3 is 11.9 Å². The van der Waals surface area contributed by atoms with E-state index in [0.29, 0.717) is 26.2 Å². The molecule has 3 aliphatic heterocycles. The van der Waals surface area contributed by atoms with E-state index in [1.54, 1.807) is 17.6 Å². The molecule has 2 amide bonds. The molecule has 6 rings (SSSR count). The van der Waals surface area contributed by atoms with E-state index in [1.165, 1.54) is 11.8 Å². The van der Waals surface area contributed by atoms with Gasteiger partial charge in [0.2, 0.25) is 17.4 Å². The lowest BCUT2D eigenvalue weighted by atomic mass is 9.85. The Morgan fingerprint density at radius 1 is 1.24 bits per heavy atom. The molecule has 10 nitrogen and oxygen atoms in total. The number of nitrogens with zero attached hydrogens (tertiary/aromatic N) is 3. The van der Waals surface area contributed by atoms with Crippen LogP contribution in [0.15, 0.2) is 41.2 Å². The van der Waals surface area contributed by atoms with Crippen molar-refractivity contribution in [2.75, 3.05) is 12.0 Å². The van der Waals surface area contributed by atoms with E-state index < -0.39 is 22.8 Å². The largest absolute Gasteiger partial charge is 0.457 e. The van der Waals surface area contributed by atoms with Crippen molar-refractivity contribution in [1.29, 1.82) is 0 Å². The summed E-state index contributed by atoms with van der Waals surface area (Å²) in [6, 6.07) is 11.4. The van der Waals surface area contributed by atoms with Crippen molar-refractivity contribution in [2.24, 2.45) is 0 Å². The van der Waals surface area contributed by atoms with Crippen molar-refractivity contribution in [3.63, 3.8) is 0 Å². The molecule has 41 heavy (non-hydrogen) atoms. The predicted octanol–water partition coefficient (Wildman–Crippen LogP) is 3.31. The number of cyclic esters (lactones) is 1. The third kappa shape index (κ3) is 4.68. The van der Waals surface area contributed by atoms with Crippen molar-refractivity contribution >= 4 is 63.6 Å². The highest BCUT2D eigenvalue weighted by atomic mass is 32.2. The van der Waals surface area contributed by atoms with Gasteiger partial charge in [0.25, 0.3) is 5.56 Å². The van der Waals surface area contributed by atoms with Crippen molar-refractivity contribution in [3.05, 3.63) is 63.4 Å². The van der Waals surface area contributed by atoms with E-state index in [2.05, 4.69) is 8.93 Å². The number of hydrogen-bond donors (Lipinski definition) is 0. The molecule has 0 saturated carbocycles. The first-order valence-electron chi connectivity index (χ1n) is 13.2. The number of fused-ring (bicyclic) bond motifs is 5. The molecule has 0 aliphatic carbocycles. The molecule has 1 aromatic carbocycles. The van der Waals surface area contributed by atoms with E-state index >= 15 is 0 Å². The molecule has 3 aliphatic rings. The van der Waals surface area contributed by atoms with Gasteiger partial charge in [-0.25, -0.2) is 9.78 Å². The molecule has 1 saturated heterocycles. The van der Waals surface area contributed by atoms with Gasteiger partial charge < -0.3 is 14.0 Å². The average Bonchev–Trinajstić information content (AvgIpc) is 3.46. The zero-order valence-corrected chi connectivity index (χ0v) is 25.1. The zero-order valence-electron chi connectivity index (χ0n) is 22.2. The van der Waals surface area contributed by atoms with Crippen molar-refractivity contribution < 1.29 is 28.7 Å². The van der Waals surface area contributed by atoms with Crippen molar-refractivity contribution in [1.82, 2.24) is 14.5 Å². The lowest BCUT2D eigenvalue weighted by Crippen LogP contribution is -2.47. The lowest BCUT2D eigenvalue weighted by molar-refractivity contribution is -0.189. The summed E-state index contributed by atoms with van der Waals surface area (Å²) in [5.41, 5.74) is 1.96. The maximum absolute atomic E-state index is 13.7. The van der Waals surface area contributed by atoms with E-state index in [-0.39, 0.29) is 60.9 Å². The molecule has 3 aromatic rings. The number of para-hydroxylation sites is 1. The highest BCUT2D eigenvalue weighted by Gasteiger charge is 2.50. The number of amides is 2. The van der Waals surface area contributed by atoms with Gasteiger partial charge in [0, 0.05) is 35.0 Å². The summed E-state index contributed by atoms with van der Waals surface area (Å²) in [6.07, 6.45) is -0.154. The van der Waals surface area contributed by atoms with Gasteiger partial charge in [-0.15, -0.1) is 20.7 Å². The summed E-state index contributed by atoms with van der Waals surface area (Å²) in [5, 5.41) is 0.509. The summed E-state index contributed by atoms with van der Waals surface area (Å²) < 4.78 is 12.8. The van der Waals surface area contributed by atoms with Gasteiger partial charge in [0.15, 0.2) is 0 Å². The topological polar surface area (TPSA) is 125 Å². The third-order valence-corrected chi connectivity index (χ3v) is 11.4. The molecule has 1 fully saturated rings. The summed E-state index contributed by atoms with van der Waals surface area (Å²) >= 11 is 1.43. The Kier molecular flexibility index (Phi) is 7.47. The molecule has 212 valence electrons. The molecule has 3 unspecified atom stereocenters. The van der Waals surface area contributed by atoms with Gasteiger partial charge in [0.05, 0.1) is 40.7 Å². The number of esters is 2. The number of ether oxygens (including phenoxy) is 2. The number of aromatic nitrogens is 2. The molecular weight excluding hydrogens is 584 g/mol. The second-order valence-electron chi connectivity index (χ2n) is 10.1. The standard InChI is InChI=1S/C28H27N3O7P2S/c1-2-28(38-23(33)7-8-30-22(32)11-21(26(30)35)41-14-40-39)18-10-20-24-16(9-15-5-3-4-6-19(15)29-24)12-31(20)25(34)17(18)13-37-27(28)36/h3-6,9-10,21,40H,2,7-8,11-14,39H2,1H3/t21?,28-/m0/s1. The van der Waals surface area contributed by atoms with Crippen LogP contribution in [0.25, 0.3) is 22.3 Å². The molecule has 0 bridgehead atoms. The Labute approximate surface area is 243 Å². The number of hydrogen-bond acceptors (Lipinski definition) is 9. The minimum Gasteiger partial charge on any atom is -0.457 e. The predicted molar refractivity (Wildman–Crippen MR) is 159 cm³/mol. The number of carbonyl (C=O) groups is 4. The third-order valence-electron chi connectivity index (χ3n) is 7.78. The van der Waals surface area contributed by atoms with E-state index in [9.17, 15) is 24.0 Å². The van der Waals surface area contributed by atoms with E-state index in [0.717, 1.165) is 26.9 Å². The zero-order chi connectivity index (χ0) is 28.9. The van der Waals surface area contributed by atoms with Crippen LogP contribution in [-0.4, -0.2) is 55.5 Å². The first-order valence-corrected chi connectivity index (χ1v) is 17.3. The van der Waals surface area contributed by atoms with E-state index in [1.807, 2.05) is 30.3 Å². The van der Waals surface area contributed by atoms with Crippen molar-refractivity contribution in [3.8, 4) is 11.4 Å². The second kappa shape index (κ2) is 10.9. The van der Waals surface area contributed by atoms with Crippen LogP contribution in [0.3, 0.4) is 0 Å². The Bertz CT molecular complexity index is 1690. The molecular formula is C28H27N3O7P2S. The Morgan fingerprint density at radius 2 is 2.05 bits per heavy atom. The summed E-state index contributed by atoms with van der Waals surface area (Å²) in [5.74, 6) is -2.18. The number of imide groups is 1. The number of pyridine rings is 2. The molecule has 0 spiro atoms. The first-order chi connectivity index (χ1) is 19.8. The first kappa shape index (κ1) is 28.0. The van der Waals surface area contributed by atoms with E-state index in [4.69, 9.17) is 14.5 Å². The van der Waals surface area contributed by atoms with Crippen LogP contribution in [0.4, 0.5) is 0 Å². The van der Waals surface area contributed by atoms with Crippen molar-refractivity contribution in [2.45, 2.75) is 50.2 Å². The SMILES string of the molecule is CC[C@@]1(OC(=O)CCN2C(=O)CC(SCPP)C2=O)C(=O)OCc2c1cc1n(c2=O)Cc2cc3ccccc3nc2-1. The number of carbonyl (C=O) groups excluding carboxylic acids is 4. The van der Waals surface area contributed by atoms with Gasteiger partial charge in [0.1, 0.15) is 6.61 Å². The molecule has 5 heterocycles. The van der Waals surface area contributed by atoms with Crippen LogP contribution in [0.2, 0.25) is 0 Å². The Morgan fingerprint density at radius 3 is 2.83 bits per heavy atom. The summed E-state index contributed by atoms with van der Waals surface area (Å²) in [6.45, 7) is 1.63. The number of likely N-dealkylation sites (tertiary alicyclic amines) is 1. The molecule has 13 heteroatoms. The number of rotatable bonds is 8. The number of thioether (sulfide) groups is 1. The second-order valence-corrected chi connectivity index (χ2v) is 13.8. The average molecular weight is 612 g/mol.